The van der Waals surface area contributed by atoms with Gasteiger partial charge in [0.15, 0.2) is 6.61 Å². The average Bonchev–Trinajstić information content (AvgIpc) is 2.72. The predicted molar refractivity (Wildman–Crippen MR) is 110 cm³/mol. The van der Waals surface area contributed by atoms with E-state index in [0.29, 0.717) is 49.1 Å². The Morgan fingerprint density at radius 2 is 1.82 bits per heavy atom. The highest BCUT2D eigenvalue weighted by molar-refractivity contribution is 5.78. The summed E-state index contributed by atoms with van der Waals surface area (Å²) in [6.45, 7) is 6.87. The number of amides is 1. The quantitative estimate of drug-likeness (QED) is 0.809. The average molecular weight is 378 g/mol. The third kappa shape index (κ3) is 4.55. The summed E-state index contributed by atoms with van der Waals surface area (Å²) in [7, 11) is 0. The van der Waals surface area contributed by atoms with E-state index in [-0.39, 0.29) is 12.5 Å². The molecule has 6 heteroatoms. The number of nitrogen functional groups attached to an aromatic ring is 1. The Morgan fingerprint density at radius 3 is 2.43 bits per heavy atom. The van der Waals surface area contributed by atoms with Crippen LogP contribution in [0.25, 0.3) is 0 Å². The lowest BCUT2D eigenvalue weighted by Gasteiger charge is -2.36. The molecule has 0 spiro atoms. The van der Waals surface area contributed by atoms with Crippen molar-refractivity contribution in [2.75, 3.05) is 43.4 Å². The minimum atomic E-state index is -0.0228. The number of benzene rings is 2. The summed E-state index contributed by atoms with van der Waals surface area (Å²) >= 11 is 0. The summed E-state index contributed by atoms with van der Waals surface area (Å²) in [6.07, 6.45) is 0. The van der Waals surface area contributed by atoms with E-state index < -0.39 is 0 Å². The van der Waals surface area contributed by atoms with E-state index in [2.05, 4.69) is 24.8 Å². The molecule has 2 N–H and O–H groups in total. The second-order valence-corrected chi connectivity index (χ2v) is 7.27. The molecule has 2 aromatic rings. The maximum atomic E-state index is 12.5. The van der Waals surface area contributed by atoms with Gasteiger partial charge in [0.2, 0.25) is 0 Å². The van der Waals surface area contributed by atoms with Crippen molar-refractivity contribution in [3.8, 4) is 11.8 Å². The maximum absolute atomic E-state index is 12.5. The van der Waals surface area contributed by atoms with Crippen LogP contribution in [0.4, 0.5) is 11.4 Å². The van der Waals surface area contributed by atoms with Gasteiger partial charge in [0.1, 0.15) is 11.8 Å². The van der Waals surface area contributed by atoms with Gasteiger partial charge < -0.3 is 20.3 Å². The first-order valence-corrected chi connectivity index (χ1v) is 9.53. The van der Waals surface area contributed by atoms with Crippen LogP contribution >= 0.6 is 0 Å². The second kappa shape index (κ2) is 8.66. The van der Waals surface area contributed by atoms with E-state index in [1.165, 1.54) is 5.56 Å². The lowest BCUT2D eigenvalue weighted by molar-refractivity contribution is -0.133. The Kier molecular flexibility index (Phi) is 6.05. The molecule has 6 nitrogen and oxygen atoms in total. The van der Waals surface area contributed by atoms with Crippen LogP contribution in [0.3, 0.4) is 0 Å². The number of piperazine rings is 1. The zero-order valence-corrected chi connectivity index (χ0v) is 16.4. The van der Waals surface area contributed by atoms with Gasteiger partial charge in [0.25, 0.3) is 5.91 Å². The molecule has 0 radical (unpaired) electrons. The summed E-state index contributed by atoms with van der Waals surface area (Å²) in [4.78, 5) is 16.4. The summed E-state index contributed by atoms with van der Waals surface area (Å²) in [5.74, 6) is 1.15. The van der Waals surface area contributed by atoms with E-state index in [4.69, 9.17) is 10.5 Å². The van der Waals surface area contributed by atoms with Crippen molar-refractivity contribution >= 4 is 17.3 Å². The van der Waals surface area contributed by atoms with Crippen LogP contribution < -0.4 is 15.4 Å². The number of carbonyl (C=O) groups is 1. The normalized spacial score (nSPS) is 14.1. The van der Waals surface area contributed by atoms with Crippen molar-refractivity contribution in [3.63, 3.8) is 0 Å². The molecule has 0 aliphatic carbocycles. The Labute approximate surface area is 166 Å². The molecule has 28 heavy (non-hydrogen) atoms. The maximum Gasteiger partial charge on any atom is 0.260 e. The van der Waals surface area contributed by atoms with Crippen LogP contribution in [-0.2, 0) is 4.79 Å². The predicted octanol–water partition coefficient (Wildman–Crippen LogP) is 2.99. The Bertz CT molecular complexity index is 863. The van der Waals surface area contributed by atoms with E-state index in [9.17, 15) is 10.1 Å². The van der Waals surface area contributed by atoms with E-state index in [0.717, 1.165) is 5.69 Å². The van der Waals surface area contributed by atoms with Crippen LogP contribution in [0.5, 0.6) is 5.75 Å². The second-order valence-electron chi connectivity index (χ2n) is 7.27. The standard InChI is InChI=1S/C22H26N4O2/c1-16(2)17-3-6-20(7-4-17)28-15-22(27)26-11-9-25(10-12-26)21-8-5-19(24)13-18(21)14-23/h3-8,13,16H,9-12,15,24H2,1-2H3. The molecule has 146 valence electrons. The third-order valence-electron chi connectivity index (χ3n) is 5.02. The number of hydrogen-bond acceptors (Lipinski definition) is 5. The van der Waals surface area contributed by atoms with Gasteiger partial charge in [-0.1, -0.05) is 26.0 Å². The van der Waals surface area contributed by atoms with Crippen LogP contribution in [0.1, 0.15) is 30.9 Å². The van der Waals surface area contributed by atoms with Crippen LogP contribution in [0.15, 0.2) is 42.5 Å². The molecular formula is C22H26N4O2. The fraction of sp³-hybridized carbons (Fsp3) is 0.364. The van der Waals surface area contributed by atoms with Gasteiger partial charge in [-0.25, -0.2) is 0 Å². The summed E-state index contributed by atoms with van der Waals surface area (Å²) in [5, 5.41) is 9.33. The highest BCUT2D eigenvalue weighted by Crippen LogP contribution is 2.24. The largest absolute Gasteiger partial charge is 0.484 e. The first-order valence-electron chi connectivity index (χ1n) is 9.53. The highest BCUT2D eigenvalue weighted by Gasteiger charge is 2.23. The highest BCUT2D eigenvalue weighted by atomic mass is 16.5. The molecule has 1 aliphatic heterocycles. The fourth-order valence-electron chi connectivity index (χ4n) is 3.30. The number of nitriles is 1. The number of rotatable bonds is 5. The zero-order chi connectivity index (χ0) is 20.1. The Balaban J connectivity index is 1.52. The van der Waals surface area contributed by atoms with Gasteiger partial charge in [-0.15, -0.1) is 0 Å². The van der Waals surface area contributed by atoms with Gasteiger partial charge in [-0.05, 0) is 41.8 Å². The molecule has 3 rings (SSSR count). The number of carbonyl (C=O) groups excluding carboxylic acids is 1. The molecule has 0 bridgehead atoms. The fourth-order valence-corrected chi connectivity index (χ4v) is 3.30. The molecular weight excluding hydrogens is 352 g/mol. The van der Waals surface area contributed by atoms with Gasteiger partial charge in [0.05, 0.1) is 11.3 Å². The molecule has 0 aromatic heterocycles. The third-order valence-corrected chi connectivity index (χ3v) is 5.02. The molecule has 1 aliphatic rings. The number of ether oxygens (including phenoxy) is 1. The molecule has 0 atom stereocenters. The lowest BCUT2D eigenvalue weighted by atomic mass is 10.0. The summed E-state index contributed by atoms with van der Waals surface area (Å²) in [5.41, 5.74) is 9.01. The molecule has 1 fully saturated rings. The van der Waals surface area contributed by atoms with E-state index in [1.54, 1.807) is 12.1 Å². The Hall–Kier alpha value is -3.20. The molecule has 2 aromatic carbocycles. The molecule has 1 saturated heterocycles. The summed E-state index contributed by atoms with van der Waals surface area (Å²) < 4.78 is 5.66. The lowest BCUT2D eigenvalue weighted by Crippen LogP contribution is -2.50. The van der Waals surface area contributed by atoms with Crippen molar-refractivity contribution < 1.29 is 9.53 Å². The first-order chi connectivity index (χ1) is 13.5. The zero-order valence-electron chi connectivity index (χ0n) is 16.4. The van der Waals surface area contributed by atoms with Crippen LogP contribution in [-0.4, -0.2) is 43.6 Å². The van der Waals surface area contributed by atoms with Crippen molar-refractivity contribution in [2.24, 2.45) is 0 Å². The Morgan fingerprint density at radius 1 is 1.14 bits per heavy atom. The summed E-state index contributed by atoms with van der Waals surface area (Å²) in [6, 6.07) is 15.4. The van der Waals surface area contributed by atoms with Crippen LogP contribution in [0, 0.1) is 11.3 Å². The van der Waals surface area contributed by atoms with E-state index in [1.807, 2.05) is 35.2 Å². The minimum Gasteiger partial charge on any atom is -0.484 e. The first kappa shape index (κ1) is 19.6. The molecule has 1 amide bonds. The number of nitrogens with zero attached hydrogens (tertiary/aromatic N) is 3. The van der Waals surface area contributed by atoms with Crippen molar-refractivity contribution in [2.45, 2.75) is 19.8 Å². The topological polar surface area (TPSA) is 82.6 Å². The monoisotopic (exact) mass is 378 g/mol. The van der Waals surface area contributed by atoms with Gasteiger partial charge in [-0.2, -0.15) is 5.26 Å². The smallest absolute Gasteiger partial charge is 0.260 e. The molecule has 0 saturated carbocycles. The van der Waals surface area contributed by atoms with Crippen molar-refractivity contribution in [3.05, 3.63) is 53.6 Å². The number of nitrogens with two attached hydrogens (primary N) is 1. The minimum absolute atomic E-state index is 0.0228. The van der Waals surface area contributed by atoms with Gasteiger partial charge >= 0.3 is 0 Å². The van der Waals surface area contributed by atoms with Gasteiger partial charge in [0, 0.05) is 31.9 Å². The number of anilines is 2. The van der Waals surface area contributed by atoms with Crippen molar-refractivity contribution in [1.29, 1.82) is 5.26 Å². The molecule has 1 heterocycles. The SMILES string of the molecule is CC(C)c1ccc(OCC(=O)N2CCN(c3ccc(N)cc3C#N)CC2)cc1. The van der Waals surface area contributed by atoms with E-state index >= 15 is 0 Å². The number of hydrogen-bond donors (Lipinski definition) is 1. The van der Waals surface area contributed by atoms with Gasteiger partial charge in [-0.3, -0.25) is 4.79 Å². The molecule has 0 unspecified atom stereocenters. The van der Waals surface area contributed by atoms with Crippen LogP contribution in [0.2, 0.25) is 0 Å². The van der Waals surface area contributed by atoms with Crippen molar-refractivity contribution in [1.82, 2.24) is 4.90 Å².